The monoisotopic (exact) mass is 342 g/mol. The normalized spacial score (nSPS) is 11.6. The smallest absolute Gasteiger partial charge is 0.268 e. The number of rotatable bonds is 7. The fourth-order valence-electron chi connectivity index (χ4n) is 2.40. The van der Waals surface area contributed by atoms with Gasteiger partial charge in [-0.05, 0) is 6.42 Å². The van der Waals surface area contributed by atoms with Crippen LogP contribution in [0.4, 0.5) is 0 Å². The maximum absolute atomic E-state index is 12.7. The topological polar surface area (TPSA) is 76.5 Å². The molecule has 1 atom stereocenters. The molecule has 1 N–H and O–H groups in total. The molecule has 0 bridgehead atoms. The minimum Gasteiger partial charge on any atom is -0.340 e. The van der Waals surface area contributed by atoms with Crippen molar-refractivity contribution in [3.8, 4) is 11.3 Å². The minimum atomic E-state index is -0.765. The molecule has 1 aromatic heterocycles. The van der Waals surface area contributed by atoms with Crippen LogP contribution in [0.3, 0.4) is 0 Å². The van der Waals surface area contributed by atoms with Crippen LogP contribution < -0.4 is 5.32 Å². The predicted molar refractivity (Wildman–Crippen MR) is 94.5 cm³/mol. The first kappa shape index (κ1) is 18.4. The molecule has 0 saturated heterocycles. The fourth-order valence-corrected chi connectivity index (χ4v) is 2.40. The Hall–Kier alpha value is -2.93. The first-order valence-electron chi connectivity index (χ1n) is 7.80. The predicted octanol–water partition coefficient (Wildman–Crippen LogP) is 1.78. The summed E-state index contributed by atoms with van der Waals surface area (Å²) in [6.45, 7) is 3.64. The lowest BCUT2D eigenvalue weighted by molar-refractivity contribution is -0.170. The van der Waals surface area contributed by atoms with Crippen LogP contribution in [0.25, 0.3) is 11.3 Å². The molecule has 1 aromatic carbocycles. The van der Waals surface area contributed by atoms with E-state index in [1.807, 2.05) is 30.3 Å². The Labute approximate surface area is 146 Å². The van der Waals surface area contributed by atoms with Gasteiger partial charge in [-0.2, -0.15) is 5.10 Å². The average molecular weight is 342 g/mol. The first-order chi connectivity index (χ1) is 12.0. The molecule has 1 heterocycles. The summed E-state index contributed by atoms with van der Waals surface area (Å²) >= 11 is 0. The van der Waals surface area contributed by atoms with Crippen LogP contribution in [0.5, 0.6) is 0 Å². The highest BCUT2D eigenvalue weighted by Gasteiger charge is 2.26. The van der Waals surface area contributed by atoms with Gasteiger partial charge in [0, 0.05) is 25.9 Å². The van der Waals surface area contributed by atoms with Crippen LogP contribution in [0, 0.1) is 0 Å². The largest absolute Gasteiger partial charge is 0.340 e. The Morgan fingerprint density at radius 2 is 2.08 bits per heavy atom. The van der Waals surface area contributed by atoms with Crippen molar-refractivity contribution < 1.29 is 14.4 Å². The van der Waals surface area contributed by atoms with Gasteiger partial charge >= 0.3 is 0 Å². The van der Waals surface area contributed by atoms with E-state index >= 15 is 0 Å². The molecule has 0 aliphatic heterocycles. The van der Waals surface area contributed by atoms with Gasteiger partial charge in [0.2, 0.25) is 0 Å². The molecule has 0 saturated carbocycles. The van der Waals surface area contributed by atoms with Crippen LogP contribution in [0.1, 0.15) is 16.8 Å². The third kappa shape index (κ3) is 4.33. The number of nitrogens with zero attached hydrogens (tertiary/aromatic N) is 3. The Kier molecular flexibility index (Phi) is 6.08. The molecular formula is C18H22N4O3. The molecular weight excluding hydrogens is 320 g/mol. The van der Waals surface area contributed by atoms with Crippen molar-refractivity contribution in [3.63, 3.8) is 0 Å². The molecule has 0 radical (unpaired) electrons. The summed E-state index contributed by atoms with van der Waals surface area (Å²) in [7, 11) is 4.62. The second kappa shape index (κ2) is 8.25. The van der Waals surface area contributed by atoms with Gasteiger partial charge in [0.15, 0.2) is 0 Å². The number of nitrogens with one attached hydrogen (secondary N) is 1. The van der Waals surface area contributed by atoms with Crippen molar-refractivity contribution in [1.82, 2.24) is 20.2 Å². The van der Waals surface area contributed by atoms with Crippen molar-refractivity contribution in [3.05, 3.63) is 54.7 Å². The van der Waals surface area contributed by atoms with Crippen LogP contribution in [-0.2, 0) is 16.7 Å². The summed E-state index contributed by atoms with van der Waals surface area (Å²) in [6, 6.07) is 8.64. The van der Waals surface area contributed by atoms with E-state index in [2.05, 4.69) is 17.0 Å². The molecule has 0 aliphatic rings. The number of carbonyl (C=O) groups is 2. The van der Waals surface area contributed by atoms with E-state index in [0.717, 1.165) is 10.6 Å². The molecule has 25 heavy (non-hydrogen) atoms. The lowest BCUT2D eigenvalue weighted by atomic mass is 10.1. The van der Waals surface area contributed by atoms with E-state index in [1.165, 1.54) is 14.2 Å². The molecule has 0 unspecified atom stereocenters. The van der Waals surface area contributed by atoms with E-state index in [1.54, 1.807) is 24.0 Å². The van der Waals surface area contributed by atoms with Crippen molar-refractivity contribution in [2.45, 2.75) is 12.5 Å². The number of aromatic nitrogens is 2. The molecule has 2 rings (SSSR count). The van der Waals surface area contributed by atoms with Crippen molar-refractivity contribution in [1.29, 1.82) is 0 Å². The molecule has 0 fully saturated rings. The van der Waals surface area contributed by atoms with E-state index in [9.17, 15) is 9.59 Å². The standard InChI is InChI=1S/C18H22N4O3/c1-5-9-15(18(24)22(3)25-4)19-17(23)14-12-21(2)20-16(14)13-10-7-6-8-11-13/h5-8,10-12,15H,1,9H2,2-4H3,(H,19,23)/t15-/m0/s1. The second-order valence-corrected chi connectivity index (χ2v) is 5.50. The Bertz CT molecular complexity index is 755. The van der Waals surface area contributed by atoms with Gasteiger partial charge in [-0.25, -0.2) is 5.06 Å². The summed E-state index contributed by atoms with van der Waals surface area (Å²) in [6.07, 6.45) is 3.50. The number of hydrogen-bond donors (Lipinski definition) is 1. The summed E-state index contributed by atoms with van der Waals surface area (Å²) in [5.74, 6) is -0.738. The van der Waals surface area contributed by atoms with Gasteiger partial charge in [-0.3, -0.25) is 19.1 Å². The molecule has 2 amide bonds. The summed E-state index contributed by atoms with van der Waals surface area (Å²) in [5.41, 5.74) is 1.79. The number of hydroxylamine groups is 2. The van der Waals surface area contributed by atoms with Crippen LogP contribution in [0.2, 0.25) is 0 Å². The number of hydrogen-bond acceptors (Lipinski definition) is 4. The Morgan fingerprint density at radius 1 is 1.40 bits per heavy atom. The number of likely N-dealkylation sites (N-methyl/N-ethyl adjacent to an activating group) is 1. The summed E-state index contributed by atoms with van der Waals surface area (Å²) in [5, 5.41) is 8.18. The zero-order valence-corrected chi connectivity index (χ0v) is 14.6. The zero-order valence-electron chi connectivity index (χ0n) is 14.6. The van der Waals surface area contributed by atoms with Crippen LogP contribution in [0.15, 0.2) is 49.2 Å². The second-order valence-electron chi connectivity index (χ2n) is 5.50. The highest BCUT2D eigenvalue weighted by molar-refractivity contribution is 6.01. The Balaban J connectivity index is 2.28. The van der Waals surface area contributed by atoms with Gasteiger partial charge in [-0.15, -0.1) is 6.58 Å². The summed E-state index contributed by atoms with van der Waals surface area (Å²) < 4.78 is 1.57. The number of benzene rings is 1. The van der Waals surface area contributed by atoms with Gasteiger partial charge < -0.3 is 5.32 Å². The molecule has 0 spiro atoms. The fraction of sp³-hybridized carbons (Fsp3) is 0.278. The van der Waals surface area contributed by atoms with Gasteiger partial charge in [0.05, 0.1) is 12.7 Å². The van der Waals surface area contributed by atoms with Gasteiger partial charge in [0.25, 0.3) is 11.8 Å². The van der Waals surface area contributed by atoms with Crippen molar-refractivity contribution in [2.24, 2.45) is 7.05 Å². The molecule has 0 aliphatic carbocycles. The quantitative estimate of drug-likeness (QED) is 0.615. The van der Waals surface area contributed by atoms with Crippen molar-refractivity contribution in [2.75, 3.05) is 14.2 Å². The number of aryl methyl sites for hydroxylation is 1. The summed E-state index contributed by atoms with van der Waals surface area (Å²) in [4.78, 5) is 30.0. The van der Waals surface area contributed by atoms with Gasteiger partial charge in [0.1, 0.15) is 11.7 Å². The maximum atomic E-state index is 12.7. The highest BCUT2D eigenvalue weighted by Crippen LogP contribution is 2.21. The van der Waals surface area contributed by atoms with E-state index < -0.39 is 6.04 Å². The zero-order chi connectivity index (χ0) is 18.4. The third-order valence-electron chi connectivity index (χ3n) is 3.71. The minimum absolute atomic E-state index is 0.291. The van der Waals surface area contributed by atoms with Crippen LogP contribution >= 0.6 is 0 Å². The highest BCUT2D eigenvalue weighted by atomic mass is 16.7. The maximum Gasteiger partial charge on any atom is 0.268 e. The van der Waals surface area contributed by atoms with E-state index in [-0.39, 0.29) is 11.8 Å². The molecule has 7 heteroatoms. The van der Waals surface area contributed by atoms with Gasteiger partial charge in [-0.1, -0.05) is 36.4 Å². The lowest BCUT2D eigenvalue weighted by Gasteiger charge is -2.21. The van der Waals surface area contributed by atoms with E-state index in [4.69, 9.17) is 4.84 Å². The van der Waals surface area contributed by atoms with E-state index in [0.29, 0.717) is 17.7 Å². The third-order valence-corrected chi connectivity index (χ3v) is 3.71. The number of carbonyl (C=O) groups excluding carboxylic acids is 2. The Morgan fingerprint density at radius 3 is 2.68 bits per heavy atom. The number of amides is 2. The lowest BCUT2D eigenvalue weighted by Crippen LogP contribution is -2.46. The average Bonchev–Trinajstić information content (AvgIpc) is 3.02. The molecule has 2 aromatic rings. The molecule has 132 valence electrons. The van der Waals surface area contributed by atoms with Crippen LogP contribution in [-0.4, -0.2) is 46.9 Å². The first-order valence-corrected chi connectivity index (χ1v) is 7.80. The van der Waals surface area contributed by atoms with Crippen molar-refractivity contribution >= 4 is 11.8 Å². The molecule has 7 nitrogen and oxygen atoms in total. The SMILES string of the molecule is C=CC[C@H](NC(=O)c1cn(C)nc1-c1ccccc1)C(=O)N(C)OC.